The van der Waals surface area contributed by atoms with Crippen LogP contribution in [0.4, 0.5) is 22.7 Å². The minimum atomic E-state index is 0. The third-order valence-electron chi connectivity index (χ3n) is 13.5. The monoisotopic (exact) mass is 1540 g/mol. The number of para-hydroxylation sites is 8. The summed E-state index contributed by atoms with van der Waals surface area (Å²) in [6.07, 6.45) is 14.4. The Morgan fingerprint density at radius 1 is 0.286 bits per heavy atom. The Bertz CT molecular complexity index is 3470. The second kappa shape index (κ2) is 29.8. The van der Waals surface area contributed by atoms with Gasteiger partial charge in [-0.25, -0.2) is 20.0 Å². The number of aryl methyl sites for hydroxylation is 4. The van der Waals surface area contributed by atoms with Gasteiger partial charge in [-0.2, -0.15) is 0 Å². The topological polar surface area (TPSA) is 80.9 Å². The average molecular weight is 1540 g/mol. The summed E-state index contributed by atoms with van der Waals surface area (Å²) in [7, 11) is 0.481. The zero-order chi connectivity index (χ0) is 53.0. The van der Waals surface area contributed by atoms with Gasteiger partial charge in [0, 0.05) is 37.6 Å². The van der Waals surface area contributed by atoms with Crippen LogP contribution in [0.15, 0.2) is 209 Å². The van der Waals surface area contributed by atoms with Crippen molar-refractivity contribution in [2.24, 2.45) is 20.0 Å². The highest BCUT2D eigenvalue weighted by Crippen LogP contribution is 2.47. The zero-order valence-corrected chi connectivity index (χ0v) is 56.0. The Hall–Kier alpha value is -2.76. The molecule has 4 heterocycles. The number of benzene rings is 8. The van der Waals surface area contributed by atoms with Gasteiger partial charge in [0.25, 0.3) is 0 Å². The minimum Gasteiger partial charge on any atom is -0.412 e. The fourth-order valence-corrected chi connectivity index (χ4v) is 23.2. The molecule has 0 spiro atoms. The van der Waals surface area contributed by atoms with E-state index in [2.05, 4.69) is 282 Å². The molecular weight excluding hydrogens is 1480 g/mol. The summed E-state index contributed by atoms with van der Waals surface area (Å²) in [4.78, 5) is 25.1. The van der Waals surface area contributed by atoms with Crippen molar-refractivity contribution in [2.45, 2.75) is 124 Å². The van der Waals surface area contributed by atoms with Gasteiger partial charge in [-0.3, -0.25) is 0 Å². The molecule has 0 radical (unpaired) electrons. The molecule has 4 aliphatic heterocycles. The van der Waals surface area contributed by atoms with E-state index in [9.17, 15) is 0 Å². The maximum absolute atomic E-state index is 4.91. The molecule has 0 saturated heterocycles. The maximum atomic E-state index is 4.91. The van der Waals surface area contributed by atoms with Crippen LogP contribution in [-0.2, 0) is 25.7 Å². The van der Waals surface area contributed by atoms with Crippen LogP contribution in [0.5, 0.6) is 0 Å². The summed E-state index contributed by atoms with van der Waals surface area (Å²) in [5.41, 5.74) is 10.2. The lowest BCUT2D eigenvalue weighted by atomic mass is 10.1. The van der Waals surface area contributed by atoms with Gasteiger partial charge in [0.1, 0.15) is 0 Å². The number of rotatable bonds is 12. The lowest BCUT2D eigenvalue weighted by Gasteiger charge is -2.13. The Morgan fingerprint density at radius 2 is 0.494 bits per heavy atom. The molecule has 4 atom stereocenters. The highest BCUT2D eigenvalue weighted by atomic mass is 127. The van der Waals surface area contributed by atoms with Gasteiger partial charge < -0.3 is 5.48 Å². The van der Waals surface area contributed by atoms with E-state index in [0.29, 0.717) is 0 Å². The van der Waals surface area contributed by atoms with Crippen molar-refractivity contribution >= 4 is 138 Å². The molecule has 8 aromatic rings. The summed E-state index contributed by atoms with van der Waals surface area (Å²) >= 11 is 10.2. The summed E-state index contributed by atoms with van der Waals surface area (Å²) in [5, 5.41) is 4.92. The standard InChI is InChI=1S/4C16H16INS.H2O/c4*1-2-3-7-12-8-6-11-15-16(12)18-13-9-4-5-10-14(13)19(15)17;/h4*4-6,8-11H,2-3,7H2,1H3;1H2. The molecule has 5 nitrogen and oxygen atoms in total. The molecule has 0 aliphatic carbocycles. The van der Waals surface area contributed by atoms with Gasteiger partial charge >= 0.3 is 0 Å². The largest absolute Gasteiger partial charge is 0.412 e. The first-order valence-electron chi connectivity index (χ1n) is 26.6. The Kier molecular flexibility index (Phi) is 23.4. The fraction of sp³-hybridized carbons (Fsp3) is 0.250. The van der Waals surface area contributed by atoms with E-state index in [1.165, 1.54) is 133 Å². The highest BCUT2D eigenvalue weighted by Gasteiger charge is 2.16. The number of nitrogens with zero attached hydrogens (tertiary/aromatic N) is 4. The third kappa shape index (κ3) is 14.3. The number of unbranched alkanes of at least 4 members (excludes halogenated alkanes) is 4. The van der Waals surface area contributed by atoms with E-state index in [0.717, 1.165) is 48.4 Å². The fourth-order valence-electron chi connectivity index (χ4n) is 9.39. The molecule has 0 amide bonds. The van der Waals surface area contributed by atoms with E-state index < -0.39 is 0 Å². The molecule has 0 fully saturated rings. The Labute approximate surface area is 513 Å². The van der Waals surface area contributed by atoms with E-state index >= 15 is 0 Å². The van der Waals surface area contributed by atoms with E-state index in [1.54, 1.807) is 0 Å². The molecule has 400 valence electrons. The van der Waals surface area contributed by atoms with Crippen LogP contribution in [0.1, 0.15) is 101 Å². The third-order valence-corrected chi connectivity index (χ3v) is 30.6. The van der Waals surface area contributed by atoms with Crippen LogP contribution in [0.3, 0.4) is 0 Å². The Morgan fingerprint density at radius 3 is 0.701 bits per heavy atom. The average Bonchev–Trinajstić information content (AvgIpc) is 3.46. The molecule has 0 bridgehead atoms. The SMILES string of the molecule is CCCCc1cccc2c1=Nc1ccccc1S=2I.CCCCc1cccc2c1=Nc1ccccc1S=2I.CCCCc1cccc2c1=Nc1ccccc1S=2I.CCCCc1cccc2c1=Nc1ccccc1S=2I.O. The van der Waals surface area contributed by atoms with Crippen LogP contribution in [0, 0.1) is 18.0 Å². The first-order chi connectivity index (χ1) is 37.2. The summed E-state index contributed by atoms with van der Waals surface area (Å²) in [5.74, 6) is 0. The van der Waals surface area contributed by atoms with Crippen LogP contribution in [-0.4, -0.2) is 5.48 Å². The normalized spacial score (nSPS) is 16.2. The van der Waals surface area contributed by atoms with Gasteiger partial charge in [-0.1, -0.05) is 181 Å². The zero-order valence-electron chi connectivity index (χ0n) is 44.1. The van der Waals surface area contributed by atoms with Crippen LogP contribution >= 0.6 is 115 Å². The van der Waals surface area contributed by atoms with Gasteiger partial charge in [-0.15, -0.1) is 0 Å². The molecule has 0 aromatic heterocycles. The van der Waals surface area contributed by atoms with E-state index in [4.69, 9.17) is 20.0 Å². The summed E-state index contributed by atoms with van der Waals surface area (Å²) in [6.45, 7) is 8.96. The summed E-state index contributed by atoms with van der Waals surface area (Å²) in [6, 6.07) is 60.7. The minimum absolute atomic E-state index is 0. The van der Waals surface area contributed by atoms with Gasteiger partial charge in [0.15, 0.2) is 0 Å². The Balaban J connectivity index is 0.000000135. The molecule has 4 unspecified atom stereocenters. The lowest BCUT2D eigenvalue weighted by molar-refractivity contribution is 0.788. The van der Waals surface area contributed by atoms with Crippen LogP contribution in [0.2, 0.25) is 0 Å². The maximum Gasteiger partial charge on any atom is 0.0808 e. The van der Waals surface area contributed by atoms with Crippen LogP contribution in [0.25, 0.3) is 0 Å². The number of fused-ring (bicyclic) bond motifs is 8. The molecule has 4 aliphatic rings. The van der Waals surface area contributed by atoms with Crippen molar-refractivity contribution < 1.29 is 5.48 Å². The second-order valence-electron chi connectivity index (χ2n) is 18.8. The summed E-state index contributed by atoms with van der Waals surface area (Å²) < 4.78 is 5.58. The van der Waals surface area contributed by atoms with Crippen molar-refractivity contribution in [1.29, 1.82) is 0 Å². The van der Waals surface area contributed by atoms with Gasteiger partial charge in [0.05, 0.1) is 44.2 Å². The second-order valence-corrected chi connectivity index (χ2v) is 35.0. The molecule has 2 N–H and O–H groups in total. The van der Waals surface area contributed by atoms with Gasteiger partial charge in [0.2, 0.25) is 0 Å². The quantitative estimate of drug-likeness (QED) is 0.0863. The van der Waals surface area contributed by atoms with Crippen LogP contribution < -0.4 is 21.4 Å². The first-order valence-corrected chi connectivity index (χ1v) is 41.6. The first kappa shape index (κ1) is 60.3. The molecule has 77 heavy (non-hydrogen) atoms. The number of hydrogen-bond donors (Lipinski definition) is 0. The molecule has 0 saturated carbocycles. The molecule has 12 rings (SSSR count). The number of hydrogen-bond acceptors (Lipinski definition) is 4. The molecule has 13 heteroatoms. The van der Waals surface area contributed by atoms with E-state index in [-0.39, 0.29) is 36.1 Å². The predicted octanol–water partition coefficient (Wildman–Crippen LogP) is 20.1. The van der Waals surface area contributed by atoms with Gasteiger partial charge in [-0.05, 0) is 231 Å². The van der Waals surface area contributed by atoms with E-state index in [1.807, 2.05) is 0 Å². The van der Waals surface area contributed by atoms with Crippen molar-refractivity contribution in [3.05, 3.63) is 232 Å². The lowest BCUT2D eigenvalue weighted by Crippen LogP contribution is -2.13. The predicted molar refractivity (Wildman–Crippen MR) is 368 cm³/mol. The molecular formula is C64H66I4N4OS4. The van der Waals surface area contributed by atoms with Crippen molar-refractivity contribution in [3.8, 4) is 0 Å². The van der Waals surface area contributed by atoms with Crippen molar-refractivity contribution in [1.82, 2.24) is 0 Å². The smallest absolute Gasteiger partial charge is 0.0808 e. The molecule has 8 aromatic carbocycles. The highest BCUT2D eigenvalue weighted by molar-refractivity contribution is 14.2. The van der Waals surface area contributed by atoms with Crippen molar-refractivity contribution in [2.75, 3.05) is 0 Å². The van der Waals surface area contributed by atoms with Crippen molar-refractivity contribution in [3.63, 3.8) is 0 Å². The number of halogens is 4.